The van der Waals surface area contributed by atoms with Crippen LogP contribution in [-0.2, 0) is 6.61 Å². The van der Waals surface area contributed by atoms with E-state index in [4.69, 9.17) is 42.1 Å². The largest absolute Gasteiger partial charge is 0.467 e. The molecule has 16 aromatic heterocycles. The van der Waals surface area contributed by atoms with Gasteiger partial charge >= 0.3 is 34.7 Å². The second-order valence-corrected chi connectivity index (χ2v) is 28.5. The molecule has 0 aliphatic carbocycles. The Hall–Kier alpha value is -14.8. The van der Waals surface area contributed by atoms with Crippen LogP contribution in [0.4, 0.5) is 11.9 Å². The van der Waals surface area contributed by atoms with E-state index >= 15 is 0 Å². The van der Waals surface area contributed by atoms with Gasteiger partial charge in [0.1, 0.15) is 28.7 Å². The van der Waals surface area contributed by atoms with Gasteiger partial charge in [-0.3, -0.25) is 77.3 Å². The zero-order valence-corrected chi connectivity index (χ0v) is 63.5. The molecule has 40 nitrogen and oxygen atoms in total. The number of aromatic amines is 4. The van der Waals surface area contributed by atoms with E-state index in [1.165, 1.54) is 44.3 Å². The number of hydrogen-bond donors (Lipinski definition) is 10. The summed E-state index contributed by atoms with van der Waals surface area (Å²) >= 11 is 0. The summed E-state index contributed by atoms with van der Waals surface area (Å²) < 4.78 is 11.6. The summed E-state index contributed by atoms with van der Waals surface area (Å²) in [6.07, 6.45) is 24.9. The summed E-state index contributed by atoms with van der Waals surface area (Å²) in [6.45, 7) is 13.2. The number of fused-ring (bicyclic) bond motifs is 12. The van der Waals surface area contributed by atoms with Crippen molar-refractivity contribution < 1.29 is 9.84 Å². The molecule has 119 heavy (non-hydrogen) atoms. The monoisotopic (exact) mass is 1600 g/mol. The smallest absolute Gasteiger partial charge is 0.371 e. The second kappa shape index (κ2) is 33.2. The standard InChI is InChI=1S/C20H16N8O2.2C20H19N7O3.C19H18N8O2/c1-21-19-24-8-11(9-25-19)14-2-3-15-16(26-14)17-13(10-23-15)18(29)27-20(30)28(17)12-4-6-22-7-5-12;1-30-19-23-8-11(9-24-19)14-2-3-15-16(25-14)17-13(10-22-15)18(28)26-20(29)27(17)12-4-6-21-7-5-12;28-10-16-23-7-11(8-24-16)14-1-2-15-17(25-14)18-13(9-22-15)19(29)26-20(30)27(18)12-3-5-21-6-4-12;20-18-23-7-10(8-24-18)13-1-2-14-15(25-13)16-12(9-22-14)17(28)26-19(29)27(16)11-3-5-21-6-4-11/h2-3,8-10,12,22H,4-7H2,(H,27,29,30);2-3,8-10,12,21H,4-7H2,1H3,(H,26,28,29);1-2,7-9,12,21,28H,3-6,10H2,(H,26,29,30);1-2,7-9,11,21H,3-6H2,(H2,20,23,24)(H,26,28,29). The van der Waals surface area contributed by atoms with Crippen molar-refractivity contribution in [3.63, 3.8) is 0 Å². The molecule has 4 fully saturated rings. The number of aliphatic hydroxyl groups excluding tert-OH is 1. The number of ether oxygens (including phenoxy) is 1. The summed E-state index contributed by atoms with van der Waals surface area (Å²) in [5.41, 5.74) is 13.3. The number of nitrogens with one attached hydrogen (secondary N) is 8. The number of H-pyrrole nitrogens is 4. The Labute approximate surface area is 667 Å². The predicted octanol–water partition coefficient (Wildman–Crippen LogP) is 3.69. The Morgan fingerprint density at radius 3 is 0.899 bits per heavy atom. The minimum Gasteiger partial charge on any atom is -0.467 e. The number of hydrogen-bond acceptors (Lipinski definition) is 31. The third-order valence-corrected chi connectivity index (χ3v) is 21.4. The maximum atomic E-state index is 12.8. The van der Waals surface area contributed by atoms with Crippen molar-refractivity contribution in [2.45, 2.75) is 82.1 Å². The first-order valence-electron chi connectivity index (χ1n) is 38.2. The highest BCUT2D eigenvalue weighted by molar-refractivity contribution is 6.04. The van der Waals surface area contributed by atoms with Gasteiger partial charge in [0.2, 0.25) is 5.95 Å². The van der Waals surface area contributed by atoms with Crippen molar-refractivity contribution >= 4 is 99.6 Å². The van der Waals surface area contributed by atoms with Crippen molar-refractivity contribution in [3.05, 3.63) is 223 Å². The Morgan fingerprint density at radius 1 is 0.378 bits per heavy atom. The minimum absolute atomic E-state index is 0.0287. The lowest BCUT2D eigenvalue weighted by Crippen LogP contribution is -2.38. The lowest BCUT2D eigenvalue weighted by atomic mass is 10.1. The van der Waals surface area contributed by atoms with E-state index in [-0.39, 0.29) is 48.7 Å². The van der Waals surface area contributed by atoms with Gasteiger partial charge in [0.25, 0.3) is 22.2 Å². The van der Waals surface area contributed by atoms with Crippen LogP contribution in [0.1, 0.15) is 81.4 Å². The molecule has 4 aliphatic heterocycles. The van der Waals surface area contributed by atoms with Gasteiger partial charge in [-0.25, -0.2) is 69.0 Å². The van der Waals surface area contributed by atoms with Crippen LogP contribution in [0.15, 0.2) is 161 Å². The quantitative estimate of drug-likeness (QED) is 0.0689. The number of rotatable bonds is 10. The Kier molecular flexibility index (Phi) is 21.4. The molecule has 4 saturated heterocycles. The second-order valence-electron chi connectivity index (χ2n) is 28.5. The Morgan fingerprint density at radius 2 is 0.639 bits per heavy atom. The molecule has 11 N–H and O–H groups in total. The van der Waals surface area contributed by atoms with Crippen LogP contribution in [0, 0.1) is 6.57 Å². The van der Waals surface area contributed by atoms with Gasteiger partial charge in [0.05, 0.1) is 114 Å². The third-order valence-electron chi connectivity index (χ3n) is 21.4. The molecule has 0 spiro atoms. The first kappa shape index (κ1) is 76.8. The molecule has 16 aromatic rings. The molecule has 20 heterocycles. The number of nitrogens with two attached hydrogens (primary N) is 1. The van der Waals surface area contributed by atoms with Crippen LogP contribution in [0.2, 0.25) is 0 Å². The SMILES string of the molecule is COc1ncc(-c2ccc3ncc4c(=O)[nH]c(=O)n(C5CCNCC5)c4c3n2)cn1.Nc1ncc(-c2ccc3ncc4c(=O)[nH]c(=O)n(C5CCNCC5)c4c3n2)cn1.O=c1[nH]c(=O)n(C2CCNCC2)c2c1cnc1ccc(-c3cnc(CO)nc3)nc12.[C-]#[N+]c1ncc(-c2ccc3ncc4c(=O)[nH]c(=O)n(C5CCNCC5)c4c3n2)cn1. The van der Waals surface area contributed by atoms with Gasteiger partial charge in [0.15, 0.2) is 5.82 Å². The van der Waals surface area contributed by atoms with E-state index in [0.717, 1.165) is 104 Å². The molecule has 40 heteroatoms. The summed E-state index contributed by atoms with van der Waals surface area (Å²) in [6, 6.07) is 14.5. The van der Waals surface area contributed by atoms with Gasteiger partial charge in [0, 0.05) is 103 Å². The van der Waals surface area contributed by atoms with Gasteiger partial charge in [-0.15, -0.1) is 6.57 Å². The number of pyridine rings is 8. The van der Waals surface area contributed by atoms with E-state index in [2.05, 4.69) is 106 Å². The Balaban J connectivity index is 0.000000113. The molecule has 598 valence electrons. The van der Waals surface area contributed by atoms with Crippen molar-refractivity contribution in [3.8, 4) is 51.0 Å². The molecule has 0 bridgehead atoms. The van der Waals surface area contributed by atoms with Gasteiger partial charge < -0.3 is 41.7 Å². The van der Waals surface area contributed by atoms with Gasteiger partial charge in [-0.2, -0.15) is 9.97 Å². The van der Waals surface area contributed by atoms with Crippen molar-refractivity contribution in [1.82, 2.24) is 139 Å². The molecule has 0 saturated carbocycles. The Bertz CT molecular complexity index is 6980. The molecule has 0 unspecified atom stereocenters. The normalized spacial score (nSPS) is 15.0. The average molecular weight is 1600 g/mol. The van der Waals surface area contributed by atoms with Crippen molar-refractivity contribution in [2.24, 2.45) is 0 Å². The average Bonchev–Trinajstić information content (AvgIpc) is 0.760. The van der Waals surface area contributed by atoms with Crippen LogP contribution in [0.3, 0.4) is 0 Å². The van der Waals surface area contributed by atoms with E-state index in [1.807, 2.05) is 18.2 Å². The molecule has 0 aromatic carbocycles. The molecule has 20 rings (SSSR count). The topological polar surface area (TPSA) is 534 Å². The van der Waals surface area contributed by atoms with Crippen LogP contribution in [0.5, 0.6) is 6.01 Å². The fourth-order valence-corrected chi connectivity index (χ4v) is 15.6. The maximum absolute atomic E-state index is 12.8. The molecular weight excluding hydrogens is 1530 g/mol. The first-order valence-corrected chi connectivity index (χ1v) is 38.2. The fraction of sp³-hybridized carbons (Fsp3) is 0.278. The number of aromatic nitrogens is 24. The molecular formula is C79H72N30O10. The number of nitrogen functional groups attached to an aromatic ring is 1. The van der Waals surface area contributed by atoms with Crippen LogP contribution < -0.4 is 76.7 Å². The number of piperidine rings is 4. The predicted molar refractivity (Wildman–Crippen MR) is 440 cm³/mol. The van der Waals surface area contributed by atoms with Crippen LogP contribution in [0.25, 0.3) is 138 Å². The highest BCUT2D eigenvalue weighted by Crippen LogP contribution is 2.34. The van der Waals surface area contributed by atoms with Crippen molar-refractivity contribution in [2.75, 3.05) is 65.2 Å². The molecule has 0 amide bonds. The highest BCUT2D eigenvalue weighted by atomic mass is 16.5. The lowest BCUT2D eigenvalue weighted by Gasteiger charge is -2.26. The highest BCUT2D eigenvalue weighted by Gasteiger charge is 2.28. The van der Waals surface area contributed by atoms with Crippen LogP contribution >= 0.6 is 0 Å². The number of aliphatic hydroxyl groups is 1. The fourth-order valence-electron chi connectivity index (χ4n) is 15.6. The van der Waals surface area contributed by atoms with E-state index < -0.39 is 45.0 Å². The van der Waals surface area contributed by atoms with Crippen molar-refractivity contribution in [1.29, 1.82) is 0 Å². The molecule has 0 radical (unpaired) electrons. The van der Waals surface area contributed by atoms with Gasteiger partial charge in [-0.1, -0.05) is 0 Å². The number of nitrogens with zero attached hydrogens (tertiary/aromatic N) is 21. The first-order chi connectivity index (χ1) is 58.1. The lowest BCUT2D eigenvalue weighted by molar-refractivity contribution is 0.271. The van der Waals surface area contributed by atoms with E-state index in [0.29, 0.717) is 139 Å². The summed E-state index contributed by atoms with van der Waals surface area (Å²) in [7, 11) is 1.50. The number of anilines is 1. The van der Waals surface area contributed by atoms with Gasteiger partial charge in [-0.05, 0) is 152 Å². The van der Waals surface area contributed by atoms with E-state index in [9.17, 15) is 38.4 Å². The third kappa shape index (κ3) is 15.3. The number of methoxy groups -OCH3 is 1. The zero-order valence-electron chi connectivity index (χ0n) is 63.5. The zero-order chi connectivity index (χ0) is 82.0. The minimum atomic E-state index is -0.480. The molecule has 0 atom stereocenters. The maximum Gasteiger partial charge on any atom is 0.371 e. The molecule has 4 aliphatic rings. The summed E-state index contributed by atoms with van der Waals surface area (Å²) in [5, 5.41) is 23.7. The summed E-state index contributed by atoms with van der Waals surface area (Å²) in [5.74, 6) is 0.545. The van der Waals surface area contributed by atoms with Crippen LogP contribution in [-0.4, -0.2) is 183 Å². The summed E-state index contributed by atoms with van der Waals surface area (Å²) in [4.78, 5) is 183. The van der Waals surface area contributed by atoms with E-state index in [1.54, 1.807) is 85.8 Å².